The molecule has 1 unspecified atom stereocenters. The lowest BCUT2D eigenvalue weighted by Gasteiger charge is -2.31. The zero-order valence-corrected chi connectivity index (χ0v) is 10.8. The van der Waals surface area contributed by atoms with Gasteiger partial charge in [0.2, 0.25) is 0 Å². The summed E-state index contributed by atoms with van der Waals surface area (Å²) in [5.41, 5.74) is 1.52. The zero-order valence-electron chi connectivity index (χ0n) is 10.8. The highest BCUT2D eigenvalue weighted by molar-refractivity contribution is 5.32. The fraction of sp³-hybridized carbons (Fsp3) is 0.533. The van der Waals surface area contributed by atoms with E-state index in [2.05, 4.69) is 18.0 Å². The minimum atomic E-state index is -0.470. The Bertz CT molecular complexity index is 417. The molecule has 0 heterocycles. The molecule has 18 heavy (non-hydrogen) atoms. The molecule has 0 aliphatic heterocycles. The van der Waals surface area contributed by atoms with Crippen LogP contribution < -0.4 is 0 Å². The maximum atomic E-state index is 10.1. The molecule has 3 heteroatoms. The molecule has 1 aliphatic rings. The van der Waals surface area contributed by atoms with Crippen LogP contribution >= 0.6 is 0 Å². The third-order valence-corrected chi connectivity index (χ3v) is 3.70. The Hall–Kier alpha value is -1.37. The van der Waals surface area contributed by atoms with Crippen LogP contribution in [-0.4, -0.2) is 30.1 Å². The molecular formula is C15H20N2O. The van der Waals surface area contributed by atoms with Crippen molar-refractivity contribution in [3.63, 3.8) is 0 Å². The van der Waals surface area contributed by atoms with Gasteiger partial charge < -0.3 is 10.0 Å². The zero-order chi connectivity index (χ0) is 13.0. The van der Waals surface area contributed by atoms with Gasteiger partial charge in [0.25, 0.3) is 0 Å². The molecule has 0 aromatic heterocycles. The summed E-state index contributed by atoms with van der Waals surface area (Å²) in [7, 11) is 2.06. The Labute approximate surface area is 109 Å². The number of aliphatic hydroxyl groups is 1. The van der Waals surface area contributed by atoms with Gasteiger partial charge in [0, 0.05) is 13.1 Å². The summed E-state index contributed by atoms with van der Waals surface area (Å²) in [4.78, 5) is 2.20. The molecule has 1 N–H and O–H groups in total. The predicted molar refractivity (Wildman–Crippen MR) is 71.0 cm³/mol. The lowest BCUT2D eigenvalue weighted by molar-refractivity contribution is 0.107. The highest BCUT2D eigenvalue weighted by atomic mass is 16.3. The first-order valence-corrected chi connectivity index (χ1v) is 6.55. The number of nitrogens with zero attached hydrogens (tertiary/aromatic N) is 2. The van der Waals surface area contributed by atoms with E-state index in [9.17, 15) is 5.11 Å². The maximum Gasteiger partial charge on any atom is 0.0991 e. The summed E-state index contributed by atoms with van der Waals surface area (Å²) in [6.45, 7) is 1.73. The number of benzene rings is 1. The molecule has 2 rings (SSSR count). The molecule has 1 aliphatic carbocycles. The second kappa shape index (κ2) is 5.99. The molecule has 1 aromatic carbocycles. The molecule has 3 nitrogen and oxygen atoms in total. The lowest BCUT2D eigenvalue weighted by Crippen LogP contribution is -2.32. The van der Waals surface area contributed by atoms with Crippen molar-refractivity contribution in [2.45, 2.75) is 25.4 Å². The Kier molecular flexibility index (Phi) is 4.35. The molecule has 96 valence electrons. The van der Waals surface area contributed by atoms with Gasteiger partial charge >= 0.3 is 0 Å². The van der Waals surface area contributed by atoms with Crippen LogP contribution in [0.25, 0.3) is 0 Å². The van der Waals surface area contributed by atoms with Gasteiger partial charge in [0.05, 0.1) is 17.7 Å². The summed E-state index contributed by atoms with van der Waals surface area (Å²) in [5, 5.41) is 18.9. The monoisotopic (exact) mass is 244 g/mol. The molecule has 1 saturated carbocycles. The maximum absolute atomic E-state index is 10.1. The van der Waals surface area contributed by atoms with E-state index in [1.165, 1.54) is 19.3 Å². The van der Waals surface area contributed by atoms with Crippen LogP contribution in [0.1, 0.15) is 36.5 Å². The first-order valence-electron chi connectivity index (χ1n) is 6.55. The fourth-order valence-electron chi connectivity index (χ4n) is 2.37. The van der Waals surface area contributed by atoms with Crippen LogP contribution in [0, 0.1) is 17.2 Å². The second-order valence-electron chi connectivity index (χ2n) is 5.27. The van der Waals surface area contributed by atoms with Crippen molar-refractivity contribution < 1.29 is 5.11 Å². The first-order chi connectivity index (χ1) is 8.69. The molecule has 1 fully saturated rings. The van der Waals surface area contributed by atoms with Crippen molar-refractivity contribution in [3.05, 3.63) is 35.4 Å². The highest BCUT2D eigenvalue weighted by Gasteiger charge is 2.20. The van der Waals surface area contributed by atoms with Gasteiger partial charge in [0.1, 0.15) is 0 Å². The average molecular weight is 244 g/mol. The topological polar surface area (TPSA) is 47.3 Å². The summed E-state index contributed by atoms with van der Waals surface area (Å²) in [5.74, 6) is 0.822. The van der Waals surface area contributed by atoms with Crippen molar-refractivity contribution in [1.82, 2.24) is 4.90 Å². The van der Waals surface area contributed by atoms with E-state index in [4.69, 9.17) is 5.26 Å². The first kappa shape index (κ1) is 13.1. The number of hydrogen-bond acceptors (Lipinski definition) is 3. The van der Waals surface area contributed by atoms with Crippen molar-refractivity contribution in [3.8, 4) is 6.07 Å². The number of aliphatic hydroxyl groups excluding tert-OH is 1. The Balaban J connectivity index is 1.85. The normalized spacial score (nSPS) is 17.2. The lowest BCUT2D eigenvalue weighted by atomic mass is 9.85. The van der Waals surface area contributed by atoms with Crippen molar-refractivity contribution in [2.24, 2.45) is 5.92 Å². The minimum absolute atomic E-state index is 0.470. The van der Waals surface area contributed by atoms with E-state index in [1.54, 1.807) is 12.1 Å². The smallest absolute Gasteiger partial charge is 0.0991 e. The molecule has 1 aromatic rings. The fourth-order valence-corrected chi connectivity index (χ4v) is 2.37. The van der Waals surface area contributed by atoms with Crippen LogP contribution in [-0.2, 0) is 0 Å². The number of nitriles is 1. The number of hydrogen-bond donors (Lipinski definition) is 1. The van der Waals surface area contributed by atoms with E-state index in [0.29, 0.717) is 12.1 Å². The van der Waals surface area contributed by atoms with E-state index < -0.39 is 6.10 Å². The van der Waals surface area contributed by atoms with Gasteiger partial charge in [-0.15, -0.1) is 0 Å². The Morgan fingerprint density at radius 2 is 2.06 bits per heavy atom. The quantitative estimate of drug-likeness (QED) is 0.864. The third-order valence-electron chi connectivity index (χ3n) is 3.70. The predicted octanol–water partition coefficient (Wildman–Crippen LogP) is 2.32. The van der Waals surface area contributed by atoms with Gasteiger partial charge in [-0.05, 0) is 43.5 Å². The van der Waals surface area contributed by atoms with Gasteiger partial charge in [-0.1, -0.05) is 18.6 Å². The van der Waals surface area contributed by atoms with Crippen LogP contribution in [0.15, 0.2) is 24.3 Å². The van der Waals surface area contributed by atoms with Crippen LogP contribution in [0.2, 0.25) is 0 Å². The summed E-state index contributed by atoms with van der Waals surface area (Å²) in [6.07, 6.45) is 3.55. The highest BCUT2D eigenvalue weighted by Crippen LogP contribution is 2.27. The minimum Gasteiger partial charge on any atom is -0.387 e. The molecule has 0 amide bonds. The second-order valence-corrected chi connectivity index (χ2v) is 5.27. The summed E-state index contributed by atoms with van der Waals surface area (Å²) >= 11 is 0. The van der Waals surface area contributed by atoms with Crippen molar-refractivity contribution in [2.75, 3.05) is 20.1 Å². The molecule has 1 atom stereocenters. The van der Waals surface area contributed by atoms with Crippen molar-refractivity contribution >= 4 is 0 Å². The third kappa shape index (κ3) is 3.32. The van der Waals surface area contributed by atoms with E-state index in [0.717, 1.165) is 18.0 Å². The average Bonchev–Trinajstić information content (AvgIpc) is 2.34. The molecule has 0 radical (unpaired) electrons. The number of likely N-dealkylation sites (N-methyl/N-ethyl adjacent to an activating group) is 1. The van der Waals surface area contributed by atoms with Crippen molar-refractivity contribution in [1.29, 1.82) is 5.26 Å². The van der Waals surface area contributed by atoms with Gasteiger partial charge in [-0.3, -0.25) is 0 Å². The van der Waals surface area contributed by atoms with Gasteiger partial charge in [-0.2, -0.15) is 5.26 Å². The van der Waals surface area contributed by atoms with Gasteiger partial charge in [-0.25, -0.2) is 0 Å². The Morgan fingerprint density at radius 1 is 1.39 bits per heavy atom. The SMILES string of the molecule is CN(CC1CCC1)CC(O)c1ccc(C#N)cc1. The molecular weight excluding hydrogens is 224 g/mol. The molecule has 0 bridgehead atoms. The number of rotatable bonds is 5. The van der Waals surface area contributed by atoms with Crippen LogP contribution in [0.3, 0.4) is 0 Å². The summed E-state index contributed by atoms with van der Waals surface area (Å²) < 4.78 is 0. The van der Waals surface area contributed by atoms with Crippen LogP contribution in [0.4, 0.5) is 0 Å². The van der Waals surface area contributed by atoms with E-state index >= 15 is 0 Å². The molecule has 0 saturated heterocycles. The van der Waals surface area contributed by atoms with E-state index in [-0.39, 0.29) is 0 Å². The van der Waals surface area contributed by atoms with Crippen LogP contribution in [0.5, 0.6) is 0 Å². The van der Waals surface area contributed by atoms with E-state index in [1.807, 2.05) is 12.1 Å². The Morgan fingerprint density at radius 3 is 2.56 bits per heavy atom. The largest absolute Gasteiger partial charge is 0.387 e. The summed E-state index contributed by atoms with van der Waals surface area (Å²) in [6, 6.07) is 9.26. The molecule has 0 spiro atoms. The van der Waals surface area contributed by atoms with Gasteiger partial charge in [0.15, 0.2) is 0 Å². The standard InChI is InChI=1S/C15H20N2O/c1-17(10-13-3-2-4-13)11-15(18)14-7-5-12(9-16)6-8-14/h5-8,13,15,18H,2-4,10-11H2,1H3.